The van der Waals surface area contributed by atoms with E-state index in [1.54, 1.807) is 40.2 Å². The summed E-state index contributed by atoms with van der Waals surface area (Å²) in [7, 11) is 0. The first-order valence-electron chi connectivity index (χ1n) is 8.28. The third-order valence-corrected chi connectivity index (χ3v) is 4.41. The lowest BCUT2D eigenvalue weighted by atomic mass is 9.91. The molecule has 0 atom stereocenters. The lowest BCUT2D eigenvalue weighted by molar-refractivity contribution is 0.302. The van der Waals surface area contributed by atoms with Gasteiger partial charge in [0.25, 0.3) is 5.56 Å². The van der Waals surface area contributed by atoms with Gasteiger partial charge in [-0.3, -0.25) is 4.79 Å². The first-order valence-corrected chi connectivity index (χ1v) is 8.28. The van der Waals surface area contributed by atoms with Gasteiger partial charge in [0.2, 0.25) is 5.95 Å². The highest BCUT2D eigenvalue weighted by atomic mass is 16.1. The zero-order valence-electron chi connectivity index (χ0n) is 13.6. The predicted octanol–water partition coefficient (Wildman–Crippen LogP) is 1.21. The molecular weight excluding hydrogens is 320 g/mol. The minimum absolute atomic E-state index is 0.0886. The summed E-state index contributed by atoms with van der Waals surface area (Å²) in [6, 6.07) is 5.39. The smallest absolute Gasteiger partial charge is 0.267 e. The number of hydrogen-bond donors (Lipinski definition) is 1. The molecule has 1 aliphatic carbocycles. The van der Waals surface area contributed by atoms with Crippen LogP contribution in [0.5, 0.6) is 0 Å². The van der Waals surface area contributed by atoms with E-state index in [9.17, 15) is 4.79 Å². The Labute approximate surface area is 143 Å². The van der Waals surface area contributed by atoms with Crippen molar-refractivity contribution < 1.29 is 0 Å². The molecule has 3 aromatic rings. The van der Waals surface area contributed by atoms with E-state index in [-0.39, 0.29) is 11.6 Å². The largest absolute Gasteiger partial charge is 0.351 e. The van der Waals surface area contributed by atoms with Crippen molar-refractivity contribution in [1.82, 2.24) is 34.5 Å². The van der Waals surface area contributed by atoms with Crippen LogP contribution in [0.25, 0.3) is 5.82 Å². The molecule has 128 valence electrons. The fourth-order valence-electron chi connectivity index (χ4n) is 3.15. The van der Waals surface area contributed by atoms with E-state index in [4.69, 9.17) is 0 Å². The number of rotatable bonds is 4. The Hall–Kier alpha value is -3.10. The fourth-order valence-corrected chi connectivity index (χ4v) is 3.15. The Kier molecular flexibility index (Phi) is 4.19. The van der Waals surface area contributed by atoms with Gasteiger partial charge < -0.3 is 5.32 Å². The van der Waals surface area contributed by atoms with E-state index < -0.39 is 0 Å². The standard InChI is InChI=1S/C16H18N8O/c25-15-7-6-14(23-11-17-10-20-23)22-24(15)13-4-2-12(3-5-13)21-16-18-8-1-9-19-16/h1,6-13H,2-5H2,(H,18,19,21). The van der Waals surface area contributed by atoms with Gasteiger partial charge in [-0.25, -0.2) is 24.3 Å². The van der Waals surface area contributed by atoms with Gasteiger partial charge in [-0.1, -0.05) is 0 Å². The highest BCUT2D eigenvalue weighted by molar-refractivity contribution is 5.24. The van der Waals surface area contributed by atoms with Crippen LogP contribution in [0.1, 0.15) is 31.7 Å². The highest BCUT2D eigenvalue weighted by Crippen LogP contribution is 2.28. The molecule has 3 aromatic heterocycles. The highest BCUT2D eigenvalue weighted by Gasteiger charge is 2.24. The molecule has 4 rings (SSSR count). The van der Waals surface area contributed by atoms with Gasteiger partial charge in [-0.15, -0.1) is 5.10 Å². The third-order valence-electron chi connectivity index (χ3n) is 4.41. The Morgan fingerprint density at radius 2 is 1.88 bits per heavy atom. The summed E-state index contributed by atoms with van der Waals surface area (Å²) in [5.41, 5.74) is -0.0910. The summed E-state index contributed by atoms with van der Waals surface area (Å²) in [5, 5.41) is 11.9. The molecule has 0 aromatic carbocycles. The van der Waals surface area contributed by atoms with Gasteiger partial charge in [-0.2, -0.15) is 5.10 Å². The van der Waals surface area contributed by atoms with Crippen molar-refractivity contribution in [3.8, 4) is 5.82 Å². The van der Waals surface area contributed by atoms with Crippen molar-refractivity contribution in [1.29, 1.82) is 0 Å². The normalized spacial score (nSPS) is 20.3. The van der Waals surface area contributed by atoms with Gasteiger partial charge in [0, 0.05) is 24.5 Å². The second-order valence-electron chi connectivity index (χ2n) is 6.04. The molecule has 25 heavy (non-hydrogen) atoms. The Bertz CT molecular complexity index is 869. The molecule has 9 heteroatoms. The summed E-state index contributed by atoms with van der Waals surface area (Å²) in [6.45, 7) is 0. The predicted molar refractivity (Wildman–Crippen MR) is 90.4 cm³/mol. The van der Waals surface area contributed by atoms with Crippen molar-refractivity contribution in [2.45, 2.75) is 37.8 Å². The summed E-state index contributed by atoms with van der Waals surface area (Å²) in [4.78, 5) is 24.5. The van der Waals surface area contributed by atoms with Gasteiger partial charge >= 0.3 is 0 Å². The Balaban J connectivity index is 1.45. The van der Waals surface area contributed by atoms with Crippen molar-refractivity contribution in [3.63, 3.8) is 0 Å². The number of anilines is 1. The molecule has 0 radical (unpaired) electrons. The summed E-state index contributed by atoms with van der Waals surface area (Å²) < 4.78 is 3.13. The average molecular weight is 338 g/mol. The molecular formula is C16H18N8O. The maximum Gasteiger partial charge on any atom is 0.267 e. The van der Waals surface area contributed by atoms with Gasteiger partial charge in [0.1, 0.15) is 12.7 Å². The summed E-state index contributed by atoms with van der Waals surface area (Å²) >= 11 is 0. The molecule has 0 unspecified atom stereocenters. The second-order valence-corrected chi connectivity index (χ2v) is 6.04. The maximum absolute atomic E-state index is 12.2. The fraction of sp³-hybridized carbons (Fsp3) is 0.375. The van der Waals surface area contributed by atoms with Crippen molar-refractivity contribution in [2.75, 3.05) is 5.32 Å². The topological polar surface area (TPSA) is 103 Å². The van der Waals surface area contributed by atoms with Gasteiger partial charge in [0.05, 0.1) is 6.04 Å². The van der Waals surface area contributed by atoms with Crippen LogP contribution >= 0.6 is 0 Å². The molecule has 0 aliphatic heterocycles. The first-order chi connectivity index (χ1) is 12.3. The SMILES string of the molecule is O=c1ccc(-n2cncn2)nn1C1CCC(Nc2ncccn2)CC1. The Morgan fingerprint density at radius 1 is 1.08 bits per heavy atom. The zero-order valence-corrected chi connectivity index (χ0v) is 13.6. The van der Waals surface area contributed by atoms with Crippen LogP contribution in [0.4, 0.5) is 5.95 Å². The first kappa shape index (κ1) is 15.4. The quantitative estimate of drug-likeness (QED) is 0.762. The monoisotopic (exact) mass is 338 g/mol. The van der Waals surface area contributed by atoms with Crippen LogP contribution in [-0.4, -0.2) is 40.6 Å². The van der Waals surface area contributed by atoms with Crippen LogP contribution in [-0.2, 0) is 0 Å². The molecule has 1 aliphatic rings. The Morgan fingerprint density at radius 3 is 2.60 bits per heavy atom. The lowest BCUT2D eigenvalue weighted by Crippen LogP contribution is -2.33. The van der Waals surface area contributed by atoms with Crippen LogP contribution in [0.2, 0.25) is 0 Å². The molecule has 0 bridgehead atoms. The van der Waals surface area contributed by atoms with Crippen molar-refractivity contribution >= 4 is 5.95 Å². The molecule has 0 spiro atoms. The van der Waals surface area contributed by atoms with E-state index in [1.165, 1.54) is 12.4 Å². The zero-order chi connectivity index (χ0) is 17.1. The van der Waals surface area contributed by atoms with Crippen LogP contribution < -0.4 is 10.9 Å². The number of nitrogens with one attached hydrogen (secondary N) is 1. The minimum atomic E-state index is -0.0910. The molecule has 1 fully saturated rings. The number of nitrogens with zero attached hydrogens (tertiary/aromatic N) is 7. The van der Waals surface area contributed by atoms with Gasteiger partial charge in [-0.05, 0) is 37.8 Å². The van der Waals surface area contributed by atoms with E-state index >= 15 is 0 Å². The van der Waals surface area contributed by atoms with Crippen molar-refractivity contribution in [3.05, 3.63) is 53.6 Å². The van der Waals surface area contributed by atoms with Crippen LogP contribution in [0.15, 0.2) is 48.0 Å². The molecule has 1 N–H and O–H groups in total. The lowest BCUT2D eigenvalue weighted by Gasteiger charge is -2.29. The van der Waals surface area contributed by atoms with E-state index in [1.807, 2.05) is 0 Å². The van der Waals surface area contributed by atoms with Crippen molar-refractivity contribution in [2.24, 2.45) is 0 Å². The second kappa shape index (κ2) is 6.80. The maximum atomic E-state index is 12.2. The summed E-state index contributed by atoms with van der Waals surface area (Å²) in [5.74, 6) is 1.24. The van der Waals surface area contributed by atoms with E-state index in [0.717, 1.165) is 25.7 Å². The number of hydrogen-bond acceptors (Lipinski definition) is 7. The van der Waals surface area contributed by atoms with E-state index in [2.05, 4.69) is 30.5 Å². The van der Waals surface area contributed by atoms with Crippen LogP contribution in [0, 0.1) is 0 Å². The van der Waals surface area contributed by atoms with Crippen LogP contribution in [0.3, 0.4) is 0 Å². The molecule has 9 nitrogen and oxygen atoms in total. The molecule has 1 saturated carbocycles. The average Bonchev–Trinajstić information content (AvgIpc) is 3.19. The number of aromatic nitrogens is 7. The summed E-state index contributed by atoms with van der Waals surface area (Å²) in [6.07, 6.45) is 10.1. The van der Waals surface area contributed by atoms with Gasteiger partial charge in [0.15, 0.2) is 5.82 Å². The van der Waals surface area contributed by atoms with E-state index in [0.29, 0.717) is 17.8 Å². The third kappa shape index (κ3) is 3.39. The minimum Gasteiger partial charge on any atom is -0.351 e. The molecule has 0 amide bonds. The molecule has 0 saturated heterocycles. The molecule has 3 heterocycles.